The lowest BCUT2D eigenvalue weighted by molar-refractivity contribution is 0.167. The smallest absolute Gasteiger partial charge is 0.238 e. The maximum Gasteiger partial charge on any atom is 0.238 e. The van der Waals surface area contributed by atoms with Crippen LogP contribution in [0.3, 0.4) is 0 Å². The summed E-state index contributed by atoms with van der Waals surface area (Å²) in [4.78, 5) is 0.137. The van der Waals surface area contributed by atoms with Crippen molar-refractivity contribution in [3.63, 3.8) is 0 Å². The number of hydrogen-bond donors (Lipinski definition) is 2. The summed E-state index contributed by atoms with van der Waals surface area (Å²) in [6, 6.07) is 6.83. The van der Waals surface area contributed by atoms with Crippen molar-refractivity contribution >= 4 is 10.0 Å². The second kappa shape index (κ2) is 6.84. The SMILES string of the molecule is CCNC(COC)Cc1ccc(S(N)(=O)=O)cc1. The Balaban J connectivity index is 2.73. The van der Waals surface area contributed by atoms with E-state index in [1.807, 2.05) is 6.92 Å². The van der Waals surface area contributed by atoms with Gasteiger partial charge in [-0.15, -0.1) is 0 Å². The lowest BCUT2D eigenvalue weighted by Gasteiger charge is -2.16. The molecule has 18 heavy (non-hydrogen) atoms. The van der Waals surface area contributed by atoms with Gasteiger partial charge in [-0.1, -0.05) is 19.1 Å². The zero-order valence-corrected chi connectivity index (χ0v) is 11.5. The van der Waals surface area contributed by atoms with E-state index in [0.29, 0.717) is 6.61 Å². The van der Waals surface area contributed by atoms with Crippen molar-refractivity contribution in [2.75, 3.05) is 20.3 Å². The van der Waals surface area contributed by atoms with Crippen molar-refractivity contribution < 1.29 is 13.2 Å². The lowest BCUT2D eigenvalue weighted by Crippen LogP contribution is -2.34. The molecule has 0 aliphatic carbocycles. The molecule has 0 fully saturated rings. The Labute approximate surface area is 108 Å². The molecule has 0 bridgehead atoms. The third-order valence-electron chi connectivity index (χ3n) is 2.59. The Bertz CT molecular complexity index is 451. The van der Waals surface area contributed by atoms with Crippen LogP contribution in [0.4, 0.5) is 0 Å². The van der Waals surface area contributed by atoms with E-state index in [0.717, 1.165) is 18.5 Å². The van der Waals surface area contributed by atoms with Gasteiger partial charge in [-0.2, -0.15) is 0 Å². The second-order valence-corrected chi connectivity index (χ2v) is 5.66. The zero-order chi connectivity index (χ0) is 13.6. The van der Waals surface area contributed by atoms with Gasteiger partial charge >= 0.3 is 0 Å². The first-order valence-electron chi connectivity index (χ1n) is 5.81. The monoisotopic (exact) mass is 272 g/mol. The molecule has 3 N–H and O–H groups in total. The van der Waals surface area contributed by atoms with Gasteiger partial charge in [0.05, 0.1) is 11.5 Å². The van der Waals surface area contributed by atoms with Gasteiger partial charge in [0.2, 0.25) is 10.0 Å². The second-order valence-electron chi connectivity index (χ2n) is 4.10. The van der Waals surface area contributed by atoms with E-state index in [1.54, 1.807) is 19.2 Å². The molecular formula is C12H20N2O3S. The first-order chi connectivity index (χ1) is 8.47. The van der Waals surface area contributed by atoms with E-state index in [-0.39, 0.29) is 10.9 Å². The quantitative estimate of drug-likeness (QED) is 0.757. The highest BCUT2D eigenvalue weighted by Crippen LogP contribution is 2.10. The van der Waals surface area contributed by atoms with Crippen LogP contribution in [-0.4, -0.2) is 34.7 Å². The number of hydrogen-bond acceptors (Lipinski definition) is 4. The fourth-order valence-corrected chi connectivity index (χ4v) is 2.30. The van der Waals surface area contributed by atoms with E-state index in [2.05, 4.69) is 5.32 Å². The summed E-state index contributed by atoms with van der Waals surface area (Å²) in [6.45, 7) is 3.51. The van der Waals surface area contributed by atoms with Gasteiger partial charge in [-0.3, -0.25) is 0 Å². The Hall–Kier alpha value is -0.950. The number of methoxy groups -OCH3 is 1. The minimum absolute atomic E-state index is 0.137. The normalized spacial score (nSPS) is 13.5. The van der Waals surface area contributed by atoms with E-state index in [9.17, 15) is 8.42 Å². The van der Waals surface area contributed by atoms with Crippen LogP contribution in [0.25, 0.3) is 0 Å². The average molecular weight is 272 g/mol. The number of primary sulfonamides is 1. The molecular weight excluding hydrogens is 252 g/mol. The summed E-state index contributed by atoms with van der Waals surface area (Å²) in [5, 5.41) is 8.35. The number of nitrogens with two attached hydrogens (primary N) is 1. The Kier molecular flexibility index (Phi) is 5.74. The molecule has 0 aliphatic heterocycles. The van der Waals surface area contributed by atoms with Crippen molar-refractivity contribution in [1.29, 1.82) is 0 Å². The van der Waals surface area contributed by atoms with Gasteiger partial charge in [0, 0.05) is 13.2 Å². The number of sulfonamides is 1. The molecule has 0 heterocycles. The van der Waals surface area contributed by atoms with E-state index in [1.165, 1.54) is 12.1 Å². The predicted molar refractivity (Wildman–Crippen MR) is 70.9 cm³/mol. The highest BCUT2D eigenvalue weighted by atomic mass is 32.2. The van der Waals surface area contributed by atoms with Crippen molar-refractivity contribution in [1.82, 2.24) is 5.32 Å². The van der Waals surface area contributed by atoms with Crippen molar-refractivity contribution in [3.05, 3.63) is 29.8 Å². The summed E-state index contributed by atoms with van der Waals surface area (Å²) >= 11 is 0. The molecule has 0 radical (unpaired) electrons. The van der Waals surface area contributed by atoms with Crippen LogP contribution in [0.1, 0.15) is 12.5 Å². The van der Waals surface area contributed by atoms with E-state index >= 15 is 0 Å². The van der Waals surface area contributed by atoms with Gasteiger partial charge in [0.1, 0.15) is 0 Å². The van der Waals surface area contributed by atoms with Crippen LogP contribution in [-0.2, 0) is 21.2 Å². The summed E-state index contributed by atoms with van der Waals surface area (Å²) in [5.74, 6) is 0. The molecule has 6 heteroatoms. The minimum atomic E-state index is -3.61. The maximum atomic E-state index is 11.1. The van der Waals surface area contributed by atoms with Crippen molar-refractivity contribution in [2.24, 2.45) is 5.14 Å². The highest BCUT2D eigenvalue weighted by Gasteiger charge is 2.10. The molecule has 1 aromatic rings. The molecule has 1 rings (SSSR count). The number of rotatable bonds is 7. The molecule has 1 aromatic carbocycles. The lowest BCUT2D eigenvalue weighted by atomic mass is 10.1. The molecule has 5 nitrogen and oxygen atoms in total. The van der Waals surface area contributed by atoms with Crippen LogP contribution >= 0.6 is 0 Å². The number of nitrogens with one attached hydrogen (secondary N) is 1. The van der Waals surface area contributed by atoms with Crippen molar-refractivity contribution in [2.45, 2.75) is 24.3 Å². The summed E-state index contributed by atoms with van der Waals surface area (Å²) < 4.78 is 27.4. The van der Waals surface area contributed by atoms with Crippen LogP contribution in [0.2, 0.25) is 0 Å². The summed E-state index contributed by atoms with van der Waals surface area (Å²) in [6.07, 6.45) is 0.784. The number of benzene rings is 1. The molecule has 102 valence electrons. The third-order valence-corrected chi connectivity index (χ3v) is 3.52. The standard InChI is InChI=1S/C12H20N2O3S/c1-3-14-11(9-17-2)8-10-4-6-12(7-5-10)18(13,15)16/h4-7,11,14H,3,8-9H2,1-2H3,(H2,13,15,16). The van der Waals surface area contributed by atoms with Crippen molar-refractivity contribution in [3.8, 4) is 0 Å². The molecule has 1 unspecified atom stereocenters. The molecule has 1 atom stereocenters. The van der Waals surface area contributed by atoms with Crippen LogP contribution in [0.5, 0.6) is 0 Å². The van der Waals surface area contributed by atoms with Gasteiger partial charge < -0.3 is 10.1 Å². The van der Waals surface area contributed by atoms with Gasteiger partial charge in [0.15, 0.2) is 0 Å². The van der Waals surface area contributed by atoms with Crippen LogP contribution in [0, 0.1) is 0 Å². The molecule has 0 aliphatic rings. The fourth-order valence-electron chi connectivity index (χ4n) is 1.78. The Morgan fingerprint density at radius 3 is 2.39 bits per heavy atom. The maximum absolute atomic E-state index is 11.1. The van der Waals surface area contributed by atoms with Gasteiger partial charge in [0.25, 0.3) is 0 Å². The first kappa shape index (κ1) is 15.1. The van der Waals surface area contributed by atoms with E-state index < -0.39 is 10.0 Å². The number of ether oxygens (including phenoxy) is 1. The fraction of sp³-hybridized carbons (Fsp3) is 0.500. The zero-order valence-electron chi connectivity index (χ0n) is 10.7. The summed E-state index contributed by atoms with van der Waals surface area (Å²) in [7, 11) is -1.95. The Morgan fingerprint density at radius 2 is 1.94 bits per heavy atom. The first-order valence-corrected chi connectivity index (χ1v) is 7.36. The largest absolute Gasteiger partial charge is 0.383 e. The predicted octanol–water partition coefficient (Wildman–Crippen LogP) is 0.501. The summed E-state index contributed by atoms with van der Waals surface area (Å²) in [5.41, 5.74) is 1.05. The van der Waals surface area contributed by atoms with Crippen LogP contribution in [0.15, 0.2) is 29.2 Å². The number of likely N-dealkylation sites (N-methyl/N-ethyl adjacent to an activating group) is 1. The molecule has 0 aromatic heterocycles. The molecule has 0 spiro atoms. The van der Waals surface area contributed by atoms with Crippen LogP contribution < -0.4 is 10.5 Å². The minimum Gasteiger partial charge on any atom is -0.383 e. The highest BCUT2D eigenvalue weighted by molar-refractivity contribution is 7.89. The average Bonchev–Trinajstić information content (AvgIpc) is 2.29. The van der Waals surface area contributed by atoms with Gasteiger partial charge in [-0.25, -0.2) is 13.6 Å². The third kappa shape index (κ3) is 4.73. The topological polar surface area (TPSA) is 81.4 Å². The van der Waals surface area contributed by atoms with E-state index in [4.69, 9.17) is 9.88 Å². The molecule has 0 saturated carbocycles. The molecule has 0 saturated heterocycles. The Morgan fingerprint density at radius 1 is 1.33 bits per heavy atom. The molecule has 0 amide bonds. The van der Waals surface area contributed by atoms with Gasteiger partial charge in [-0.05, 0) is 30.7 Å².